The molecule has 0 atom stereocenters. The lowest BCUT2D eigenvalue weighted by Gasteiger charge is -2.25. The first-order chi connectivity index (χ1) is 8.65. The van der Waals surface area contributed by atoms with Gasteiger partial charge in [0, 0.05) is 23.2 Å². The van der Waals surface area contributed by atoms with Gasteiger partial charge >= 0.3 is 0 Å². The van der Waals surface area contributed by atoms with E-state index >= 15 is 0 Å². The molecule has 1 saturated carbocycles. The van der Waals surface area contributed by atoms with Gasteiger partial charge in [-0.25, -0.2) is 0 Å². The summed E-state index contributed by atoms with van der Waals surface area (Å²) in [5.41, 5.74) is 1.15. The van der Waals surface area contributed by atoms with Crippen LogP contribution in [0.5, 0.6) is 5.75 Å². The SMILES string of the molecule is CC(C)NCc1cc(Cl)ccc1OCC1CCC1. The molecule has 3 heteroatoms. The fraction of sp³-hybridized carbons (Fsp3) is 0.600. The van der Waals surface area contributed by atoms with Crippen molar-refractivity contribution in [1.29, 1.82) is 0 Å². The average Bonchev–Trinajstić information content (AvgIpc) is 2.26. The summed E-state index contributed by atoms with van der Waals surface area (Å²) < 4.78 is 5.93. The van der Waals surface area contributed by atoms with Gasteiger partial charge in [-0.2, -0.15) is 0 Å². The second-order valence-corrected chi connectivity index (χ2v) is 5.83. The fourth-order valence-electron chi connectivity index (χ4n) is 2.01. The number of nitrogens with one attached hydrogen (secondary N) is 1. The Bertz CT molecular complexity index is 388. The van der Waals surface area contributed by atoms with Crippen molar-refractivity contribution in [2.75, 3.05) is 6.61 Å². The van der Waals surface area contributed by atoms with Gasteiger partial charge in [0.1, 0.15) is 5.75 Å². The summed E-state index contributed by atoms with van der Waals surface area (Å²) in [4.78, 5) is 0. The van der Waals surface area contributed by atoms with Crippen molar-refractivity contribution in [2.45, 2.75) is 45.7 Å². The number of benzene rings is 1. The molecular formula is C15H22ClNO. The molecule has 1 aliphatic rings. The molecule has 1 aromatic rings. The largest absolute Gasteiger partial charge is 0.493 e. The van der Waals surface area contributed by atoms with E-state index in [4.69, 9.17) is 16.3 Å². The summed E-state index contributed by atoms with van der Waals surface area (Å²) in [6.07, 6.45) is 3.98. The zero-order chi connectivity index (χ0) is 13.0. The third-order valence-electron chi connectivity index (χ3n) is 3.42. The van der Waals surface area contributed by atoms with Crippen LogP contribution in [0.25, 0.3) is 0 Å². The average molecular weight is 268 g/mol. The molecule has 1 aromatic carbocycles. The van der Waals surface area contributed by atoms with E-state index in [2.05, 4.69) is 19.2 Å². The summed E-state index contributed by atoms with van der Waals surface area (Å²) >= 11 is 6.05. The normalized spacial score (nSPS) is 15.8. The van der Waals surface area contributed by atoms with Crippen molar-refractivity contribution in [3.8, 4) is 5.75 Å². The molecule has 0 unspecified atom stereocenters. The Hall–Kier alpha value is -0.730. The van der Waals surface area contributed by atoms with Gasteiger partial charge in [0.25, 0.3) is 0 Å². The fourth-order valence-corrected chi connectivity index (χ4v) is 2.20. The van der Waals surface area contributed by atoms with E-state index < -0.39 is 0 Å². The number of hydrogen-bond donors (Lipinski definition) is 1. The zero-order valence-corrected chi connectivity index (χ0v) is 12.0. The van der Waals surface area contributed by atoms with Crippen LogP contribution in [0.4, 0.5) is 0 Å². The van der Waals surface area contributed by atoms with Crippen molar-refractivity contribution in [1.82, 2.24) is 5.32 Å². The van der Waals surface area contributed by atoms with Crippen molar-refractivity contribution in [2.24, 2.45) is 5.92 Å². The second kappa shape index (κ2) is 6.44. The molecule has 1 aliphatic carbocycles. The van der Waals surface area contributed by atoms with Gasteiger partial charge in [0.05, 0.1) is 6.61 Å². The predicted octanol–water partition coefficient (Wildman–Crippen LogP) is 4.02. The molecule has 1 fully saturated rings. The maximum atomic E-state index is 6.05. The zero-order valence-electron chi connectivity index (χ0n) is 11.2. The minimum absolute atomic E-state index is 0.462. The molecule has 0 radical (unpaired) electrons. The van der Waals surface area contributed by atoms with Gasteiger partial charge < -0.3 is 10.1 Å². The van der Waals surface area contributed by atoms with E-state index in [1.54, 1.807) is 0 Å². The van der Waals surface area contributed by atoms with E-state index in [0.29, 0.717) is 6.04 Å². The van der Waals surface area contributed by atoms with E-state index in [-0.39, 0.29) is 0 Å². The van der Waals surface area contributed by atoms with Gasteiger partial charge in [-0.3, -0.25) is 0 Å². The molecule has 0 amide bonds. The summed E-state index contributed by atoms with van der Waals surface area (Å²) in [6, 6.07) is 6.34. The van der Waals surface area contributed by atoms with Crippen LogP contribution < -0.4 is 10.1 Å². The van der Waals surface area contributed by atoms with Crippen LogP contribution in [0.15, 0.2) is 18.2 Å². The first kappa shape index (κ1) is 13.7. The van der Waals surface area contributed by atoms with Gasteiger partial charge in [-0.15, -0.1) is 0 Å². The van der Waals surface area contributed by atoms with Crippen LogP contribution in [0.2, 0.25) is 5.02 Å². The molecule has 2 rings (SSSR count). The van der Waals surface area contributed by atoms with Gasteiger partial charge in [0.2, 0.25) is 0 Å². The first-order valence-electron chi connectivity index (χ1n) is 6.80. The topological polar surface area (TPSA) is 21.3 Å². The van der Waals surface area contributed by atoms with E-state index in [0.717, 1.165) is 35.4 Å². The van der Waals surface area contributed by atoms with Crippen molar-refractivity contribution in [3.05, 3.63) is 28.8 Å². The third kappa shape index (κ3) is 3.89. The van der Waals surface area contributed by atoms with Crippen molar-refractivity contribution in [3.63, 3.8) is 0 Å². The molecule has 0 saturated heterocycles. The molecule has 1 N–H and O–H groups in total. The maximum absolute atomic E-state index is 6.05. The molecule has 0 aromatic heterocycles. The Labute approximate surface area is 115 Å². The molecule has 0 heterocycles. The van der Waals surface area contributed by atoms with Gasteiger partial charge in [0.15, 0.2) is 0 Å². The lowest BCUT2D eigenvalue weighted by molar-refractivity contribution is 0.179. The number of hydrogen-bond acceptors (Lipinski definition) is 2. The third-order valence-corrected chi connectivity index (χ3v) is 3.66. The van der Waals surface area contributed by atoms with E-state index in [9.17, 15) is 0 Å². The highest BCUT2D eigenvalue weighted by molar-refractivity contribution is 6.30. The Morgan fingerprint density at radius 1 is 1.39 bits per heavy atom. The first-order valence-corrected chi connectivity index (χ1v) is 7.17. The van der Waals surface area contributed by atoms with Crippen LogP contribution >= 0.6 is 11.6 Å². The molecule has 0 aliphatic heterocycles. The Balaban J connectivity index is 1.97. The summed E-state index contributed by atoms with van der Waals surface area (Å²) in [5, 5.41) is 4.18. The second-order valence-electron chi connectivity index (χ2n) is 5.40. The maximum Gasteiger partial charge on any atom is 0.123 e. The van der Waals surface area contributed by atoms with Gasteiger partial charge in [-0.1, -0.05) is 31.9 Å². The smallest absolute Gasteiger partial charge is 0.123 e. The molecule has 18 heavy (non-hydrogen) atoms. The minimum Gasteiger partial charge on any atom is -0.493 e. The highest BCUT2D eigenvalue weighted by atomic mass is 35.5. The van der Waals surface area contributed by atoms with E-state index in [1.807, 2.05) is 18.2 Å². The van der Waals surface area contributed by atoms with Crippen molar-refractivity contribution < 1.29 is 4.74 Å². The summed E-state index contributed by atoms with van der Waals surface area (Å²) in [5.74, 6) is 1.73. The number of ether oxygens (including phenoxy) is 1. The number of rotatable bonds is 6. The van der Waals surface area contributed by atoms with Crippen LogP contribution in [0.3, 0.4) is 0 Å². The molecular weight excluding hydrogens is 246 g/mol. The Morgan fingerprint density at radius 2 is 2.17 bits per heavy atom. The van der Waals surface area contributed by atoms with Crippen LogP contribution in [0, 0.1) is 5.92 Å². The monoisotopic (exact) mass is 267 g/mol. The lowest BCUT2D eigenvalue weighted by atomic mass is 9.86. The molecule has 2 nitrogen and oxygen atoms in total. The highest BCUT2D eigenvalue weighted by Crippen LogP contribution is 2.29. The highest BCUT2D eigenvalue weighted by Gasteiger charge is 2.18. The lowest BCUT2D eigenvalue weighted by Crippen LogP contribution is -2.23. The molecule has 100 valence electrons. The quantitative estimate of drug-likeness (QED) is 0.841. The standard InChI is InChI=1S/C15H22ClNO/c1-11(2)17-9-13-8-14(16)6-7-15(13)18-10-12-4-3-5-12/h6-8,11-12,17H,3-5,9-10H2,1-2H3. The molecule has 0 bridgehead atoms. The van der Waals surface area contributed by atoms with Crippen LogP contribution in [0.1, 0.15) is 38.7 Å². The van der Waals surface area contributed by atoms with Crippen LogP contribution in [-0.4, -0.2) is 12.6 Å². The number of halogens is 1. The molecule has 0 spiro atoms. The minimum atomic E-state index is 0.462. The van der Waals surface area contributed by atoms with Crippen molar-refractivity contribution >= 4 is 11.6 Å². The van der Waals surface area contributed by atoms with E-state index in [1.165, 1.54) is 19.3 Å². The summed E-state index contributed by atoms with van der Waals surface area (Å²) in [7, 11) is 0. The van der Waals surface area contributed by atoms with Crippen LogP contribution in [-0.2, 0) is 6.54 Å². The Kier molecular flexibility index (Phi) is 4.90. The van der Waals surface area contributed by atoms with Gasteiger partial charge in [-0.05, 0) is 37.0 Å². The Morgan fingerprint density at radius 3 is 2.78 bits per heavy atom. The summed E-state index contributed by atoms with van der Waals surface area (Å²) in [6.45, 7) is 5.92. The predicted molar refractivity (Wildman–Crippen MR) is 76.3 cm³/mol.